The Morgan fingerprint density at radius 2 is 1.19 bits per heavy atom. The van der Waals surface area contributed by atoms with Gasteiger partial charge in [-0.1, -0.05) is 131 Å². The molecule has 0 spiro atoms. The Morgan fingerprint density at radius 3 is 1.80 bits per heavy atom. The molecule has 10 nitrogen and oxygen atoms in total. The summed E-state index contributed by atoms with van der Waals surface area (Å²) in [4.78, 5) is 34.7. The van der Waals surface area contributed by atoms with Gasteiger partial charge < -0.3 is 25.2 Å². The van der Waals surface area contributed by atoms with E-state index in [0.717, 1.165) is 70.6 Å². The Labute approximate surface area is 326 Å². The molecule has 11 heteroatoms. The van der Waals surface area contributed by atoms with E-state index < -0.39 is 32.5 Å². The van der Waals surface area contributed by atoms with Crippen LogP contribution in [-0.2, 0) is 32.7 Å². The number of nitrogens with two attached hydrogens (primary N) is 1. The molecule has 0 amide bonds. The van der Waals surface area contributed by atoms with Crippen molar-refractivity contribution in [3.8, 4) is 0 Å². The average molecular weight is 778 g/mol. The Kier molecular flexibility index (Phi) is 36.4. The summed E-state index contributed by atoms with van der Waals surface area (Å²) < 4.78 is 32.6. The van der Waals surface area contributed by atoms with Gasteiger partial charge in [0, 0.05) is 19.4 Å². The molecule has 0 fully saturated rings. The van der Waals surface area contributed by atoms with Crippen LogP contribution in [0.3, 0.4) is 0 Å². The van der Waals surface area contributed by atoms with Crippen LogP contribution < -0.4 is 5.73 Å². The van der Waals surface area contributed by atoms with Crippen LogP contribution in [0.2, 0.25) is 0 Å². The second-order valence-electron chi connectivity index (χ2n) is 13.0. The molecule has 0 aliphatic carbocycles. The number of hydrogen-bond acceptors (Lipinski definition) is 9. The van der Waals surface area contributed by atoms with E-state index in [9.17, 15) is 24.2 Å². The number of hydrogen-bond donors (Lipinski definition) is 3. The Morgan fingerprint density at radius 1 is 0.648 bits per heavy atom. The van der Waals surface area contributed by atoms with Crippen LogP contribution in [0.15, 0.2) is 85.1 Å². The molecule has 0 aromatic rings. The molecule has 3 atom stereocenters. The van der Waals surface area contributed by atoms with E-state index >= 15 is 0 Å². The maximum Gasteiger partial charge on any atom is 0.472 e. The number of esters is 2. The van der Waals surface area contributed by atoms with Crippen LogP contribution in [0, 0.1) is 0 Å². The van der Waals surface area contributed by atoms with Crippen LogP contribution >= 0.6 is 7.82 Å². The highest BCUT2D eigenvalue weighted by Crippen LogP contribution is 2.43. The van der Waals surface area contributed by atoms with Gasteiger partial charge in [0.2, 0.25) is 0 Å². The highest BCUT2D eigenvalue weighted by Gasteiger charge is 2.25. The third-order valence-electron chi connectivity index (χ3n) is 7.86. The summed E-state index contributed by atoms with van der Waals surface area (Å²) in [5, 5.41) is 9.88. The summed E-state index contributed by atoms with van der Waals surface area (Å²) in [6, 6.07) is 0. The molecular weight excluding hydrogens is 705 g/mol. The quantitative estimate of drug-likeness (QED) is 0.0184. The van der Waals surface area contributed by atoms with Gasteiger partial charge in [-0.05, 0) is 77.0 Å². The molecule has 0 aromatic heterocycles. The number of ether oxygens (including phenoxy) is 2. The topological polar surface area (TPSA) is 155 Å². The molecule has 0 saturated carbocycles. The molecule has 4 N–H and O–H groups in total. The molecule has 0 saturated heterocycles. The number of aliphatic hydroxyl groups is 1. The second kappa shape index (κ2) is 38.4. The van der Waals surface area contributed by atoms with Crippen molar-refractivity contribution in [3.63, 3.8) is 0 Å². The Bertz CT molecular complexity index is 1180. The predicted octanol–water partition coefficient (Wildman–Crippen LogP) is 10.2. The number of carbonyl (C=O) groups excluding carboxylic acids is 2. The minimum absolute atomic E-state index is 0.0274. The van der Waals surface area contributed by atoms with Crippen molar-refractivity contribution < 1.29 is 42.7 Å². The SMILES string of the molecule is CCCCC/C=C\C/C=C\C/C=C\CCCCC(=O)OC[C@H](COP(=O)(O)OCCN)OC(=O)CCC/C=C\C/C=C\C/C=C\C=C\[C@@H](O)CCCCC. The third kappa shape index (κ3) is 37.5. The van der Waals surface area contributed by atoms with Crippen molar-refractivity contribution in [1.29, 1.82) is 0 Å². The van der Waals surface area contributed by atoms with Crippen molar-refractivity contribution in [2.75, 3.05) is 26.4 Å². The summed E-state index contributed by atoms with van der Waals surface area (Å²) in [7, 11) is -4.41. The molecule has 0 radical (unpaired) electrons. The summed E-state index contributed by atoms with van der Waals surface area (Å²) in [5.74, 6) is -0.976. The standard InChI is InChI=1S/C43H72NO9P/c1-3-5-7-8-9-10-11-12-13-14-17-20-23-26-30-34-42(46)50-38-41(39-52-54(48,49)51-37-36-44)53-43(47)35-31-27-24-21-18-15-16-19-22-25-29-33-40(45)32-28-6-4-2/h9-10,12-13,15-17,20-22,24-25,29,33,40-41,45H,3-8,11,14,18-19,23,26-28,30-32,34-39,44H2,1-2H3,(H,48,49)/b10-9-,13-12-,16-15-,20-17-,24-21-,25-22-,33-29+/t40-,41+/m0/s1. The van der Waals surface area contributed by atoms with Crippen LogP contribution in [0.1, 0.15) is 136 Å². The fourth-order valence-electron chi connectivity index (χ4n) is 4.80. The summed E-state index contributed by atoms with van der Waals surface area (Å²) in [5.41, 5.74) is 5.33. The van der Waals surface area contributed by atoms with Gasteiger partial charge in [-0.2, -0.15) is 0 Å². The zero-order valence-electron chi connectivity index (χ0n) is 33.3. The van der Waals surface area contributed by atoms with E-state index in [2.05, 4.69) is 62.5 Å². The average Bonchev–Trinajstić information content (AvgIpc) is 3.15. The number of rotatable bonds is 36. The largest absolute Gasteiger partial charge is 0.472 e. The van der Waals surface area contributed by atoms with Crippen LogP contribution in [0.25, 0.3) is 0 Å². The van der Waals surface area contributed by atoms with Gasteiger partial charge in [-0.15, -0.1) is 0 Å². The van der Waals surface area contributed by atoms with Crippen molar-refractivity contribution in [2.45, 2.75) is 148 Å². The molecule has 0 aliphatic rings. The first kappa shape index (κ1) is 51.1. The van der Waals surface area contributed by atoms with E-state index in [1.165, 1.54) is 19.3 Å². The molecule has 0 aliphatic heterocycles. The van der Waals surface area contributed by atoms with Crippen molar-refractivity contribution in [3.05, 3.63) is 85.1 Å². The van der Waals surface area contributed by atoms with Crippen LogP contribution in [0.4, 0.5) is 0 Å². The lowest BCUT2D eigenvalue weighted by Gasteiger charge is -2.19. The molecule has 308 valence electrons. The molecular formula is C43H72NO9P. The number of phosphoric ester groups is 1. The zero-order valence-corrected chi connectivity index (χ0v) is 34.2. The number of carbonyl (C=O) groups is 2. The van der Waals surface area contributed by atoms with Crippen molar-refractivity contribution in [1.82, 2.24) is 0 Å². The first-order valence-electron chi connectivity index (χ1n) is 20.2. The Hall–Kier alpha value is -2.85. The zero-order chi connectivity index (χ0) is 39.8. The summed E-state index contributed by atoms with van der Waals surface area (Å²) >= 11 is 0. The van der Waals surface area contributed by atoms with Gasteiger partial charge in [0.1, 0.15) is 6.61 Å². The van der Waals surface area contributed by atoms with E-state index in [1.54, 1.807) is 0 Å². The van der Waals surface area contributed by atoms with Gasteiger partial charge in [0.15, 0.2) is 6.10 Å². The fourth-order valence-corrected chi connectivity index (χ4v) is 5.57. The maximum absolute atomic E-state index is 12.5. The molecule has 0 heterocycles. The molecule has 0 bridgehead atoms. The highest BCUT2D eigenvalue weighted by molar-refractivity contribution is 7.47. The number of unbranched alkanes of at least 4 members (excludes halogenated alkanes) is 8. The van der Waals surface area contributed by atoms with Crippen molar-refractivity contribution >= 4 is 19.8 Å². The predicted molar refractivity (Wildman–Crippen MR) is 221 cm³/mol. The molecule has 0 aromatic carbocycles. The van der Waals surface area contributed by atoms with Gasteiger partial charge in [0.25, 0.3) is 0 Å². The summed E-state index contributed by atoms with van der Waals surface area (Å²) in [6.07, 6.45) is 43.8. The van der Waals surface area contributed by atoms with Crippen molar-refractivity contribution in [2.24, 2.45) is 5.73 Å². The normalized spacial score (nSPS) is 14.8. The summed E-state index contributed by atoms with van der Waals surface area (Å²) in [6.45, 7) is 3.42. The monoisotopic (exact) mass is 777 g/mol. The third-order valence-corrected chi connectivity index (χ3v) is 8.84. The smallest absolute Gasteiger partial charge is 0.462 e. The maximum atomic E-state index is 12.5. The fraction of sp³-hybridized carbons (Fsp3) is 0.628. The second-order valence-corrected chi connectivity index (χ2v) is 14.4. The molecule has 54 heavy (non-hydrogen) atoms. The van der Waals surface area contributed by atoms with Gasteiger partial charge in [-0.3, -0.25) is 18.6 Å². The van der Waals surface area contributed by atoms with E-state index in [1.807, 2.05) is 36.5 Å². The molecule has 1 unspecified atom stereocenters. The lowest BCUT2D eigenvalue weighted by Crippen LogP contribution is -2.29. The number of aliphatic hydroxyl groups excluding tert-OH is 1. The first-order valence-corrected chi connectivity index (χ1v) is 21.7. The van der Waals surface area contributed by atoms with Gasteiger partial charge in [0.05, 0.1) is 19.3 Å². The Balaban J connectivity index is 4.43. The van der Waals surface area contributed by atoms with E-state index in [0.29, 0.717) is 19.3 Å². The number of allylic oxidation sites excluding steroid dienone is 13. The van der Waals surface area contributed by atoms with E-state index in [-0.39, 0.29) is 38.7 Å². The van der Waals surface area contributed by atoms with Gasteiger partial charge in [-0.25, -0.2) is 4.57 Å². The first-order chi connectivity index (χ1) is 26.2. The van der Waals surface area contributed by atoms with Gasteiger partial charge >= 0.3 is 19.8 Å². The molecule has 0 rings (SSSR count). The minimum atomic E-state index is -4.41. The lowest BCUT2D eigenvalue weighted by atomic mass is 10.1. The highest BCUT2D eigenvalue weighted by atomic mass is 31.2. The van der Waals surface area contributed by atoms with Crippen LogP contribution in [0.5, 0.6) is 0 Å². The van der Waals surface area contributed by atoms with Crippen LogP contribution in [-0.4, -0.2) is 60.5 Å². The number of phosphoric acid groups is 1. The lowest BCUT2D eigenvalue weighted by molar-refractivity contribution is -0.161. The minimum Gasteiger partial charge on any atom is -0.462 e. The van der Waals surface area contributed by atoms with E-state index in [4.69, 9.17) is 24.3 Å².